The zero-order chi connectivity index (χ0) is 11.7. The van der Waals surface area contributed by atoms with Gasteiger partial charge in [0, 0.05) is 19.7 Å². The summed E-state index contributed by atoms with van der Waals surface area (Å²) in [5.74, 6) is 0.133. The van der Waals surface area contributed by atoms with Crippen LogP contribution < -0.4 is 5.32 Å². The van der Waals surface area contributed by atoms with E-state index >= 15 is 0 Å². The van der Waals surface area contributed by atoms with Crippen LogP contribution >= 0.6 is 11.6 Å². The van der Waals surface area contributed by atoms with Crippen molar-refractivity contribution in [3.8, 4) is 0 Å². The standard InChI is InChI=1S/C10H20ClNO3/c1-8(2)7-15-5-4-12-6-9(11)10(13)14-3/h8-9,12H,4-7H2,1-3H3. The number of carbonyl (C=O) groups excluding carboxylic acids is 1. The Hall–Kier alpha value is -0.320. The van der Waals surface area contributed by atoms with Crippen LogP contribution in [0.1, 0.15) is 13.8 Å². The molecule has 0 saturated carbocycles. The van der Waals surface area contributed by atoms with E-state index in [-0.39, 0.29) is 0 Å². The first-order valence-electron chi connectivity index (χ1n) is 5.08. The van der Waals surface area contributed by atoms with Crippen molar-refractivity contribution in [2.45, 2.75) is 19.2 Å². The number of ether oxygens (including phenoxy) is 2. The average molecular weight is 238 g/mol. The van der Waals surface area contributed by atoms with Gasteiger partial charge in [-0.25, -0.2) is 0 Å². The van der Waals surface area contributed by atoms with Gasteiger partial charge in [-0.3, -0.25) is 4.79 Å². The first-order valence-corrected chi connectivity index (χ1v) is 5.52. The van der Waals surface area contributed by atoms with Gasteiger partial charge in [0.1, 0.15) is 5.38 Å². The zero-order valence-corrected chi connectivity index (χ0v) is 10.3. The highest BCUT2D eigenvalue weighted by atomic mass is 35.5. The highest BCUT2D eigenvalue weighted by Crippen LogP contribution is 1.96. The summed E-state index contributed by atoms with van der Waals surface area (Å²) in [4.78, 5) is 10.9. The van der Waals surface area contributed by atoms with Crippen molar-refractivity contribution in [2.24, 2.45) is 5.92 Å². The van der Waals surface area contributed by atoms with Crippen LogP contribution in [0.25, 0.3) is 0 Å². The lowest BCUT2D eigenvalue weighted by atomic mass is 10.2. The van der Waals surface area contributed by atoms with Gasteiger partial charge in [-0.1, -0.05) is 13.8 Å². The van der Waals surface area contributed by atoms with Crippen molar-refractivity contribution in [3.63, 3.8) is 0 Å². The van der Waals surface area contributed by atoms with Crippen molar-refractivity contribution in [3.05, 3.63) is 0 Å². The molecule has 0 spiro atoms. The molecule has 4 nitrogen and oxygen atoms in total. The van der Waals surface area contributed by atoms with E-state index in [0.29, 0.717) is 25.6 Å². The highest BCUT2D eigenvalue weighted by Gasteiger charge is 2.14. The molecule has 0 aliphatic rings. The topological polar surface area (TPSA) is 47.6 Å². The largest absolute Gasteiger partial charge is 0.468 e. The number of hydrogen-bond acceptors (Lipinski definition) is 4. The maximum atomic E-state index is 10.9. The Morgan fingerprint density at radius 1 is 1.47 bits per heavy atom. The van der Waals surface area contributed by atoms with Gasteiger partial charge in [0.2, 0.25) is 0 Å². The van der Waals surface area contributed by atoms with Gasteiger partial charge in [0.05, 0.1) is 13.7 Å². The van der Waals surface area contributed by atoms with E-state index < -0.39 is 11.3 Å². The Labute approximate surface area is 96.3 Å². The van der Waals surface area contributed by atoms with E-state index in [1.807, 2.05) is 0 Å². The van der Waals surface area contributed by atoms with E-state index in [2.05, 4.69) is 23.9 Å². The molecule has 0 fully saturated rings. The van der Waals surface area contributed by atoms with Crippen molar-refractivity contribution in [2.75, 3.05) is 33.4 Å². The summed E-state index contributed by atoms with van der Waals surface area (Å²) in [5, 5.41) is 2.39. The molecular formula is C10H20ClNO3. The number of methoxy groups -OCH3 is 1. The second kappa shape index (κ2) is 8.95. The minimum absolute atomic E-state index is 0.402. The summed E-state index contributed by atoms with van der Waals surface area (Å²) in [6.45, 7) is 6.66. The van der Waals surface area contributed by atoms with Gasteiger partial charge >= 0.3 is 5.97 Å². The van der Waals surface area contributed by atoms with E-state index in [1.165, 1.54) is 7.11 Å². The van der Waals surface area contributed by atoms with Crippen LogP contribution in [0.5, 0.6) is 0 Å². The number of nitrogens with one attached hydrogen (secondary N) is 1. The van der Waals surface area contributed by atoms with Crippen molar-refractivity contribution >= 4 is 17.6 Å². The number of halogens is 1. The number of hydrogen-bond donors (Lipinski definition) is 1. The number of carbonyl (C=O) groups is 1. The quantitative estimate of drug-likeness (QED) is 0.389. The summed E-state index contributed by atoms with van der Waals surface area (Å²) in [6, 6.07) is 0. The molecule has 0 aromatic rings. The van der Waals surface area contributed by atoms with Gasteiger partial charge in [-0.15, -0.1) is 11.6 Å². The molecule has 0 aliphatic heterocycles. The third-order valence-electron chi connectivity index (χ3n) is 1.65. The Morgan fingerprint density at radius 2 is 2.13 bits per heavy atom. The summed E-state index contributed by atoms with van der Waals surface area (Å²) in [6.07, 6.45) is 0. The Balaban J connectivity index is 3.27. The predicted octanol–water partition coefficient (Wildman–Crippen LogP) is 1.03. The highest BCUT2D eigenvalue weighted by molar-refractivity contribution is 6.30. The van der Waals surface area contributed by atoms with Gasteiger partial charge in [0.25, 0.3) is 0 Å². The first kappa shape index (κ1) is 14.7. The lowest BCUT2D eigenvalue weighted by Gasteiger charge is -2.10. The molecule has 1 N–H and O–H groups in total. The van der Waals surface area contributed by atoms with E-state index in [4.69, 9.17) is 16.3 Å². The number of esters is 1. The Morgan fingerprint density at radius 3 is 2.67 bits per heavy atom. The molecule has 0 radical (unpaired) electrons. The predicted molar refractivity (Wildman–Crippen MR) is 60.2 cm³/mol. The molecule has 0 rings (SSSR count). The van der Waals surface area contributed by atoms with Crippen LogP contribution in [-0.4, -0.2) is 44.8 Å². The van der Waals surface area contributed by atoms with E-state index in [1.54, 1.807) is 0 Å². The van der Waals surface area contributed by atoms with Crippen LogP contribution in [0.2, 0.25) is 0 Å². The molecule has 1 atom stereocenters. The molecule has 1 unspecified atom stereocenters. The summed E-state index contributed by atoms with van der Waals surface area (Å²) < 4.78 is 9.82. The van der Waals surface area contributed by atoms with Gasteiger partial charge in [-0.05, 0) is 5.92 Å². The molecular weight excluding hydrogens is 218 g/mol. The molecule has 5 heteroatoms. The monoisotopic (exact) mass is 237 g/mol. The van der Waals surface area contributed by atoms with Crippen molar-refractivity contribution < 1.29 is 14.3 Å². The molecule has 0 bridgehead atoms. The zero-order valence-electron chi connectivity index (χ0n) is 9.59. The molecule has 0 aromatic heterocycles. The lowest BCUT2D eigenvalue weighted by Crippen LogP contribution is -2.32. The Kier molecular flexibility index (Phi) is 8.76. The fourth-order valence-corrected chi connectivity index (χ4v) is 1.10. The van der Waals surface area contributed by atoms with Crippen LogP contribution in [-0.2, 0) is 14.3 Å². The minimum atomic E-state index is -0.625. The van der Waals surface area contributed by atoms with Crippen LogP contribution in [0.15, 0.2) is 0 Å². The average Bonchev–Trinajstić information content (AvgIpc) is 2.21. The molecule has 0 saturated heterocycles. The normalized spacial score (nSPS) is 12.9. The van der Waals surface area contributed by atoms with E-state index in [9.17, 15) is 4.79 Å². The fourth-order valence-electron chi connectivity index (χ4n) is 0.903. The van der Waals surface area contributed by atoms with Crippen LogP contribution in [0.3, 0.4) is 0 Å². The van der Waals surface area contributed by atoms with Gasteiger partial charge < -0.3 is 14.8 Å². The van der Waals surface area contributed by atoms with Crippen molar-refractivity contribution in [1.82, 2.24) is 5.32 Å². The Bertz CT molecular complexity index is 176. The van der Waals surface area contributed by atoms with Crippen LogP contribution in [0.4, 0.5) is 0 Å². The van der Waals surface area contributed by atoms with Crippen molar-refractivity contribution in [1.29, 1.82) is 0 Å². The van der Waals surface area contributed by atoms with Gasteiger partial charge in [-0.2, -0.15) is 0 Å². The van der Waals surface area contributed by atoms with Gasteiger partial charge in [0.15, 0.2) is 0 Å². The smallest absolute Gasteiger partial charge is 0.325 e. The summed E-state index contributed by atoms with van der Waals surface area (Å²) in [5.41, 5.74) is 0. The van der Waals surface area contributed by atoms with Crippen LogP contribution in [0, 0.1) is 5.92 Å². The molecule has 0 aromatic carbocycles. The SMILES string of the molecule is COC(=O)C(Cl)CNCCOCC(C)C. The third kappa shape index (κ3) is 8.66. The maximum Gasteiger partial charge on any atom is 0.325 e. The fraction of sp³-hybridized carbons (Fsp3) is 0.900. The van der Waals surface area contributed by atoms with E-state index in [0.717, 1.165) is 6.61 Å². The molecule has 15 heavy (non-hydrogen) atoms. The second-order valence-electron chi connectivity index (χ2n) is 3.66. The minimum Gasteiger partial charge on any atom is -0.468 e. The maximum absolute atomic E-state index is 10.9. The first-order chi connectivity index (χ1) is 7.07. The summed E-state index contributed by atoms with van der Waals surface area (Å²) >= 11 is 5.72. The molecule has 90 valence electrons. The lowest BCUT2D eigenvalue weighted by molar-refractivity contribution is -0.140. The molecule has 0 heterocycles. The third-order valence-corrected chi connectivity index (χ3v) is 1.99. The number of alkyl halides is 1. The second-order valence-corrected chi connectivity index (χ2v) is 4.19. The molecule has 0 amide bonds. The molecule has 0 aliphatic carbocycles. The summed E-state index contributed by atoms with van der Waals surface area (Å²) in [7, 11) is 1.32. The number of rotatable bonds is 8.